The van der Waals surface area contributed by atoms with Crippen molar-refractivity contribution in [3.8, 4) is 0 Å². The lowest BCUT2D eigenvalue weighted by molar-refractivity contribution is -0.384. The number of nitro groups is 1. The van der Waals surface area contributed by atoms with E-state index in [0.717, 1.165) is 11.3 Å². The number of non-ortho nitro benzene ring substituents is 1. The van der Waals surface area contributed by atoms with Crippen LogP contribution in [0.4, 0.5) is 5.69 Å². The standard InChI is InChI=1S/C16H17N3O5S2/c20-16(12-3-1-4-14(11-12)19(21)22)18-8-6-13(7-9-18)17-26(23,24)15-5-2-10-25-15/h1-5,10-11,13,17H,6-9H2. The summed E-state index contributed by atoms with van der Waals surface area (Å²) in [5.74, 6) is -0.284. The maximum Gasteiger partial charge on any atom is 0.270 e. The van der Waals surface area contributed by atoms with Gasteiger partial charge in [-0.15, -0.1) is 11.3 Å². The van der Waals surface area contributed by atoms with Crippen LogP contribution < -0.4 is 4.72 Å². The molecule has 0 atom stereocenters. The van der Waals surface area contributed by atoms with Gasteiger partial charge in [0.05, 0.1) is 4.92 Å². The number of hydrogen-bond acceptors (Lipinski definition) is 6. The number of piperidine rings is 1. The molecular weight excluding hydrogens is 378 g/mol. The lowest BCUT2D eigenvalue weighted by atomic mass is 10.0. The van der Waals surface area contributed by atoms with Crippen molar-refractivity contribution in [2.24, 2.45) is 0 Å². The number of hydrogen-bond donors (Lipinski definition) is 1. The van der Waals surface area contributed by atoms with Crippen LogP contribution in [0.25, 0.3) is 0 Å². The second-order valence-electron chi connectivity index (χ2n) is 5.93. The average Bonchev–Trinajstić information content (AvgIpc) is 3.17. The summed E-state index contributed by atoms with van der Waals surface area (Å²) in [7, 11) is -3.53. The molecule has 138 valence electrons. The molecule has 3 rings (SSSR count). The predicted molar refractivity (Wildman–Crippen MR) is 96.7 cm³/mol. The van der Waals surface area contributed by atoms with E-state index < -0.39 is 14.9 Å². The molecule has 1 aromatic carbocycles. The van der Waals surface area contributed by atoms with E-state index in [1.807, 2.05) is 0 Å². The normalized spacial score (nSPS) is 15.8. The minimum absolute atomic E-state index is 0.130. The van der Waals surface area contributed by atoms with Crippen LogP contribution in [0.15, 0.2) is 46.0 Å². The summed E-state index contributed by atoms with van der Waals surface area (Å²) in [5, 5.41) is 12.5. The van der Waals surface area contributed by atoms with Crippen LogP contribution in [0, 0.1) is 10.1 Å². The summed E-state index contributed by atoms with van der Waals surface area (Å²) >= 11 is 1.15. The molecular formula is C16H17N3O5S2. The summed E-state index contributed by atoms with van der Waals surface area (Å²) in [5.41, 5.74) is 0.131. The number of nitrogens with zero attached hydrogens (tertiary/aromatic N) is 2. The Labute approximate surface area is 154 Å². The lowest BCUT2D eigenvalue weighted by Crippen LogP contribution is -2.46. The Balaban J connectivity index is 1.61. The zero-order valence-corrected chi connectivity index (χ0v) is 15.3. The molecule has 1 amide bonds. The molecule has 1 N–H and O–H groups in total. The van der Waals surface area contributed by atoms with Crippen LogP contribution in [-0.2, 0) is 10.0 Å². The van der Waals surface area contributed by atoms with E-state index in [0.29, 0.717) is 25.9 Å². The van der Waals surface area contributed by atoms with Crippen molar-refractivity contribution < 1.29 is 18.1 Å². The molecule has 0 saturated carbocycles. The van der Waals surface area contributed by atoms with Gasteiger partial charge in [-0.25, -0.2) is 13.1 Å². The lowest BCUT2D eigenvalue weighted by Gasteiger charge is -2.32. The topological polar surface area (TPSA) is 110 Å². The fourth-order valence-electron chi connectivity index (χ4n) is 2.83. The van der Waals surface area contributed by atoms with Gasteiger partial charge in [-0.1, -0.05) is 12.1 Å². The van der Waals surface area contributed by atoms with Crippen molar-refractivity contribution in [3.05, 3.63) is 57.5 Å². The van der Waals surface area contributed by atoms with Crippen LogP contribution in [0.3, 0.4) is 0 Å². The van der Waals surface area contributed by atoms with E-state index in [2.05, 4.69) is 4.72 Å². The van der Waals surface area contributed by atoms with E-state index in [9.17, 15) is 23.3 Å². The first kappa shape index (κ1) is 18.5. The van der Waals surface area contributed by atoms with Crippen molar-refractivity contribution in [1.29, 1.82) is 0 Å². The molecule has 0 spiro atoms. The second-order valence-corrected chi connectivity index (χ2v) is 8.82. The minimum Gasteiger partial charge on any atom is -0.339 e. The van der Waals surface area contributed by atoms with Crippen molar-refractivity contribution in [1.82, 2.24) is 9.62 Å². The molecule has 0 bridgehead atoms. The molecule has 8 nitrogen and oxygen atoms in total. The van der Waals surface area contributed by atoms with Gasteiger partial charge < -0.3 is 4.90 Å². The van der Waals surface area contributed by atoms with Gasteiger partial charge in [0.25, 0.3) is 11.6 Å². The Hall–Kier alpha value is -2.30. The fraction of sp³-hybridized carbons (Fsp3) is 0.312. The monoisotopic (exact) mass is 395 g/mol. The van der Waals surface area contributed by atoms with Crippen molar-refractivity contribution in [2.45, 2.75) is 23.1 Å². The van der Waals surface area contributed by atoms with Gasteiger partial charge in [0, 0.05) is 36.8 Å². The van der Waals surface area contributed by atoms with Crippen LogP contribution in [0.2, 0.25) is 0 Å². The first-order chi connectivity index (χ1) is 12.4. The Morgan fingerprint density at radius 3 is 2.58 bits per heavy atom. The van der Waals surface area contributed by atoms with E-state index in [1.54, 1.807) is 28.5 Å². The van der Waals surface area contributed by atoms with Gasteiger partial charge in [0.1, 0.15) is 4.21 Å². The quantitative estimate of drug-likeness (QED) is 0.617. The number of nitro benzene ring substituents is 1. The van der Waals surface area contributed by atoms with Gasteiger partial charge in [0.2, 0.25) is 10.0 Å². The Morgan fingerprint density at radius 1 is 1.23 bits per heavy atom. The summed E-state index contributed by atoms with van der Waals surface area (Å²) in [6.07, 6.45) is 0.983. The van der Waals surface area contributed by atoms with Crippen molar-refractivity contribution in [3.63, 3.8) is 0 Å². The second kappa shape index (κ2) is 7.52. The fourth-order valence-corrected chi connectivity index (χ4v) is 5.14. The zero-order chi connectivity index (χ0) is 18.7. The summed E-state index contributed by atoms with van der Waals surface area (Å²) in [6, 6.07) is 8.61. The number of amides is 1. The summed E-state index contributed by atoms with van der Waals surface area (Å²) in [4.78, 5) is 24.4. The van der Waals surface area contributed by atoms with E-state index in [-0.39, 0.29) is 27.4 Å². The first-order valence-electron chi connectivity index (χ1n) is 7.96. The number of rotatable bonds is 5. The van der Waals surface area contributed by atoms with Gasteiger partial charge in [-0.2, -0.15) is 0 Å². The molecule has 0 aliphatic carbocycles. The number of likely N-dealkylation sites (tertiary alicyclic amines) is 1. The molecule has 0 radical (unpaired) electrons. The van der Waals surface area contributed by atoms with Crippen molar-refractivity contribution in [2.75, 3.05) is 13.1 Å². The Kier molecular flexibility index (Phi) is 5.35. The maximum absolute atomic E-state index is 12.5. The van der Waals surface area contributed by atoms with Crippen molar-refractivity contribution >= 4 is 33.0 Å². The minimum atomic E-state index is -3.53. The highest BCUT2D eigenvalue weighted by molar-refractivity contribution is 7.91. The third-order valence-electron chi connectivity index (χ3n) is 4.17. The Morgan fingerprint density at radius 2 is 1.96 bits per heavy atom. The third-order valence-corrected chi connectivity index (χ3v) is 7.09. The van der Waals surface area contributed by atoms with Gasteiger partial charge >= 0.3 is 0 Å². The first-order valence-corrected chi connectivity index (χ1v) is 10.3. The SMILES string of the molecule is O=C(c1cccc([N+](=O)[O-])c1)N1CCC(NS(=O)(=O)c2cccs2)CC1. The molecule has 2 aromatic rings. The molecule has 2 heterocycles. The molecule has 10 heteroatoms. The molecule has 1 aromatic heterocycles. The molecule has 0 unspecified atom stereocenters. The molecule has 1 fully saturated rings. The smallest absolute Gasteiger partial charge is 0.270 e. The summed E-state index contributed by atoms with van der Waals surface area (Å²) in [6.45, 7) is 0.776. The number of nitrogens with one attached hydrogen (secondary N) is 1. The highest BCUT2D eigenvalue weighted by Crippen LogP contribution is 2.20. The largest absolute Gasteiger partial charge is 0.339 e. The number of benzene rings is 1. The van der Waals surface area contributed by atoms with E-state index in [1.165, 1.54) is 18.2 Å². The van der Waals surface area contributed by atoms with E-state index >= 15 is 0 Å². The highest BCUT2D eigenvalue weighted by atomic mass is 32.2. The number of sulfonamides is 1. The predicted octanol–water partition coefficient (Wildman–Crippen LogP) is 2.24. The number of carbonyl (C=O) groups is 1. The van der Waals surface area contributed by atoms with Gasteiger partial charge in [-0.05, 0) is 30.4 Å². The zero-order valence-electron chi connectivity index (χ0n) is 13.7. The van der Waals surface area contributed by atoms with Gasteiger partial charge in [0.15, 0.2) is 0 Å². The van der Waals surface area contributed by atoms with E-state index in [4.69, 9.17) is 0 Å². The highest BCUT2D eigenvalue weighted by Gasteiger charge is 2.28. The van der Waals surface area contributed by atoms with Crippen LogP contribution >= 0.6 is 11.3 Å². The molecule has 1 saturated heterocycles. The van der Waals surface area contributed by atoms with Crippen LogP contribution in [0.1, 0.15) is 23.2 Å². The molecule has 1 aliphatic rings. The number of carbonyl (C=O) groups excluding carboxylic acids is 1. The van der Waals surface area contributed by atoms with Crippen LogP contribution in [-0.4, -0.2) is 43.3 Å². The maximum atomic E-state index is 12.5. The number of thiophene rings is 1. The molecule has 26 heavy (non-hydrogen) atoms. The third kappa shape index (κ3) is 4.09. The molecule has 1 aliphatic heterocycles. The van der Waals surface area contributed by atoms with Gasteiger partial charge in [-0.3, -0.25) is 14.9 Å². The average molecular weight is 395 g/mol. The summed E-state index contributed by atoms with van der Waals surface area (Å²) < 4.78 is 27.5. The Bertz CT molecular complexity index is 904. The van der Waals surface area contributed by atoms with Crippen LogP contribution in [0.5, 0.6) is 0 Å².